The first-order valence-corrected chi connectivity index (χ1v) is 10.5. The van der Waals surface area contributed by atoms with Gasteiger partial charge in [0.2, 0.25) is 11.8 Å². The molecule has 12 nitrogen and oxygen atoms in total. The number of hydrogen-bond donors (Lipinski definition) is 1. The van der Waals surface area contributed by atoms with Crippen LogP contribution in [0.4, 0.5) is 5.69 Å². The summed E-state index contributed by atoms with van der Waals surface area (Å²) in [4.78, 5) is 75.2. The number of carbonyl (C=O) groups excluding carboxylic acids is 5. The van der Waals surface area contributed by atoms with E-state index in [2.05, 4.69) is 0 Å². The van der Waals surface area contributed by atoms with Gasteiger partial charge in [-0.05, 0) is 18.2 Å². The topological polar surface area (TPSA) is 157 Å². The smallest absolute Gasteiger partial charge is 0.341 e. The highest BCUT2D eigenvalue weighted by Gasteiger charge is 2.35. The lowest BCUT2D eigenvalue weighted by atomic mass is 10.1. The second-order valence-electron chi connectivity index (χ2n) is 7.70. The molecule has 36 heavy (non-hydrogen) atoms. The molecule has 12 heteroatoms. The second-order valence-corrected chi connectivity index (χ2v) is 7.70. The van der Waals surface area contributed by atoms with E-state index < -0.39 is 35.7 Å². The molecule has 2 aromatic carbocycles. The van der Waals surface area contributed by atoms with Gasteiger partial charge in [-0.1, -0.05) is 18.2 Å². The van der Waals surface area contributed by atoms with Crippen LogP contribution in [-0.2, 0) is 30.5 Å². The molecule has 1 N–H and O–H groups in total. The molecular weight excluding hydrogens is 476 g/mol. The quantitative estimate of drug-likeness (QED) is 0.334. The number of nitrogens with zero attached hydrogens (tertiary/aromatic N) is 2. The Morgan fingerprint density at radius 3 is 2.00 bits per heavy atom. The van der Waals surface area contributed by atoms with Crippen LogP contribution in [0.3, 0.4) is 0 Å². The SMILES string of the molecule is COC(=O)c1ccc(CN2CC(=O)N(c3ccccc3C(=O)O)C(=O)C2)c(OC(C)=O)c1OC(C)=O. The van der Waals surface area contributed by atoms with Crippen LogP contribution in [0.15, 0.2) is 36.4 Å². The Bertz CT molecular complexity index is 1250. The Morgan fingerprint density at radius 2 is 1.44 bits per heavy atom. The van der Waals surface area contributed by atoms with E-state index in [1.807, 2.05) is 0 Å². The van der Waals surface area contributed by atoms with Gasteiger partial charge in [-0.15, -0.1) is 0 Å². The molecule has 0 aromatic heterocycles. The fourth-order valence-corrected chi connectivity index (χ4v) is 3.69. The van der Waals surface area contributed by atoms with E-state index in [1.165, 1.54) is 41.3 Å². The Balaban J connectivity index is 1.95. The number of anilines is 1. The number of carboxylic acid groups (broad SMARTS) is 1. The minimum atomic E-state index is -1.29. The molecule has 3 rings (SSSR count). The van der Waals surface area contributed by atoms with Crippen LogP contribution < -0.4 is 14.4 Å². The number of piperazine rings is 1. The van der Waals surface area contributed by atoms with Crippen LogP contribution in [0, 0.1) is 0 Å². The predicted octanol–water partition coefficient (Wildman–Crippen LogP) is 1.40. The lowest BCUT2D eigenvalue weighted by Gasteiger charge is -2.33. The standard InChI is InChI=1S/C24H22N2O10/c1-13(27)35-21-15(8-9-17(24(33)34-3)22(21)36-14(2)28)10-25-11-19(29)26(20(30)12-25)18-7-5-4-6-16(18)23(31)32/h4-9H,10-12H2,1-3H3,(H,31,32). The van der Waals surface area contributed by atoms with Gasteiger partial charge in [-0.3, -0.25) is 24.1 Å². The molecule has 1 aliphatic rings. The van der Waals surface area contributed by atoms with E-state index in [0.29, 0.717) is 0 Å². The Labute approximate surface area is 204 Å². The highest BCUT2D eigenvalue weighted by Crippen LogP contribution is 2.37. The van der Waals surface area contributed by atoms with Crippen molar-refractivity contribution in [2.45, 2.75) is 20.4 Å². The minimum Gasteiger partial charge on any atom is -0.478 e. The van der Waals surface area contributed by atoms with Gasteiger partial charge >= 0.3 is 23.9 Å². The van der Waals surface area contributed by atoms with Gasteiger partial charge in [-0.2, -0.15) is 0 Å². The summed E-state index contributed by atoms with van der Waals surface area (Å²) in [5, 5.41) is 9.42. The van der Waals surface area contributed by atoms with Crippen molar-refractivity contribution >= 4 is 41.4 Å². The summed E-state index contributed by atoms with van der Waals surface area (Å²) in [5.74, 6) is -5.60. The predicted molar refractivity (Wildman–Crippen MR) is 122 cm³/mol. The first kappa shape index (κ1) is 26.0. The molecule has 0 saturated carbocycles. The highest BCUT2D eigenvalue weighted by molar-refractivity contribution is 6.20. The van der Waals surface area contributed by atoms with Crippen molar-refractivity contribution in [3.05, 3.63) is 53.1 Å². The van der Waals surface area contributed by atoms with Gasteiger partial charge in [0.1, 0.15) is 5.56 Å². The first-order valence-electron chi connectivity index (χ1n) is 10.5. The highest BCUT2D eigenvalue weighted by atomic mass is 16.6. The van der Waals surface area contributed by atoms with Crippen LogP contribution in [0.1, 0.15) is 40.1 Å². The number of rotatable bonds is 7. The maximum atomic E-state index is 12.9. The summed E-state index contributed by atoms with van der Waals surface area (Å²) < 4.78 is 15.1. The summed E-state index contributed by atoms with van der Waals surface area (Å²) in [6.45, 7) is 1.54. The van der Waals surface area contributed by atoms with Crippen molar-refractivity contribution in [3.63, 3.8) is 0 Å². The van der Waals surface area contributed by atoms with Crippen LogP contribution in [0.25, 0.3) is 0 Å². The molecule has 2 amide bonds. The molecule has 0 unspecified atom stereocenters. The van der Waals surface area contributed by atoms with Crippen molar-refractivity contribution in [3.8, 4) is 11.5 Å². The second kappa shape index (κ2) is 10.8. The van der Waals surface area contributed by atoms with Gasteiger partial charge in [0.25, 0.3) is 0 Å². The Morgan fingerprint density at radius 1 is 0.861 bits per heavy atom. The summed E-state index contributed by atoms with van der Waals surface area (Å²) in [5.41, 5.74) is -0.168. The molecule has 1 heterocycles. The number of esters is 3. The first-order chi connectivity index (χ1) is 17.0. The lowest BCUT2D eigenvalue weighted by molar-refractivity contribution is -0.134. The van der Waals surface area contributed by atoms with Crippen molar-refractivity contribution in [1.82, 2.24) is 4.90 Å². The number of carboxylic acids is 1. The van der Waals surface area contributed by atoms with E-state index in [1.54, 1.807) is 0 Å². The largest absolute Gasteiger partial charge is 0.478 e. The molecule has 1 aliphatic heterocycles. The van der Waals surface area contributed by atoms with E-state index >= 15 is 0 Å². The Kier molecular flexibility index (Phi) is 7.80. The molecule has 0 bridgehead atoms. The molecule has 1 saturated heterocycles. The molecule has 0 aliphatic carbocycles. The third-order valence-corrected chi connectivity index (χ3v) is 5.08. The van der Waals surface area contributed by atoms with E-state index in [0.717, 1.165) is 25.9 Å². The maximum absolute atomic E-state index is 12.9. The zero-order valence-electron chi connectivity index (χ0n) is 19.6. The van der Waals surface area contributed by atoms with E-state index in [4.69, 9.17) is 14.2 Å². The number of ether oxygens (including phenoxy) is 3. The number of carbonyl (C=O) groups is 6. The van der Waals surface area contributed by atoms with Gasteiger partial charge in [-0.25, -0.2) is 14.5 Å². The number of amides is 2. The fourth-order valence-electron chi connectivity index (χ4n) is 3.69. The minimum absolute atomic E-state index is 0.0418. The molecular formula is C24H22N2O10. The summed E-state index contributed by atoms with van der Waals surface area (Å²) in [6, 6.07) is 8.36. The fraction of sp³-hybridized carbons (Fsp3) is 0.250. The molecule has 188 valence electrons. The van der Waals surface area contributed by atoms with E-state index in [-0.39, 0.29) is 53.5 Å². The molecule has 1 fully saturated rings. The van der Waals surface area contributed by atoms with Crippen LogP contribution in [0.5, 0.6) is 11.5 Å². The third-order valence-electron chi connectivity index (χ3n) is 5.08. The van der Waals surface area contributed by atoms with Crippen molar-refractivity contribution in [2.75, 3.05) is 25.1 Å². The molecule has 0 spiro atoms. The monoisotopic (exact) mass is 498 g/mol. The number of aromatic carboxylic acids is 1. The van der Waals surface area contributed by atoms with Gasteiger partial charge in [0, 0.05) is 26.0 Å². The average molecular weight is 498 g/mol. The number of hydrogen-bond acceptors (Lipinski definition) is 10. The molecule has 2 aromatic rings. The van der Waals surface area contributed by atoms with Crippen LogP contribution in [-0.4, -0.2) is 65.9 Å². The summed E-state index contributed by atoms with van der Waals surface area (Å²) >= 11 is 0. The van der Waals surface area contributed by atoms with Crippen LogP contribution >= 0.6 is 0 Å². The van der Waals surface area contributed by atoms with Gasteiger partial charge in [0.15, 0.2) is 11.5 Å². The van der Waals surface area contributed by atoms with Crippen LogP contribution in [0.2, 0.25) is 0 Å². The molecule has 0 atom stereocenters. The summed E-state index contributed by atoms with van der Waals surface area (Å²) in [6.07, 6.45) is 0. The zero-order valence-corrected chi connectivity index (χ0v) is 19.6. The Hall–Kier alpha value is -4.58. The average Bonchev–Trinajstić information content (AvgIpc) is 2.80. The lowest BCUT2D eigenvalue weighted by Crippen LogP contribution is -2.54. The number of imide groups is 1. The van der Waals surface area contributed by atoms with Gasteiger partial charge in [0.05, 0.1) is 31.5 Å². The number of benzene rings is 2. The molecule has 0 radical (unpaired) electrons. The van der Waals surface area contributed by atoms with Crippen molar-refractivity contribution in [2.24, 2.45) is 0 Å². The number of methoxy groups -OCH3 is 1. The van der Waals surface area contributed by atoms with E-state index in [9.17, 15) is 33.9 Å². The zero-order chi connectivity index (χ0) is 26.6. The summed E-state index contributed by atoms with van der Waals surface area (Å²) in [7, 11) is 1.12. The third kappa shape index (κ3) is 5.55. The maximum Gasteiger partial charge on any atom is 0.341 e. The normalized spacial score (nSPS) is 13.8. The van der Waals surface area contributed by atoms with Gasteiger partial charge < -0.3 is 19.3 Å². The van der Waals surface area contributed by atoms with Crippen molar-refractivity contribution in [1.29, 1.82) is 0 Å². The number of para-hydroxylation sites is 1. The van der Waals surface area contributed by atoms with Crippen molar-refractivity contribution < 1.29 is 48.1 Å².